The fourth-order valence-electron chi connectivity index (χ4n) is 4.13. The molecular weight excluding hydrogens is 506 g/mol. The van der Waals surface area contributed by atoms with Crippen molar-refractivity contribution in [3.8, 4) is 17.2 Å². The molecule has 1 aliphatic heterocycles. The molecule has 0 bridgehead atoms. The third-order valence-electron chi connectivity index (χ3n) is 6.09. The predicted octanol–water partition coefficient (Wildman–Crippen LogP) is 2.48. The van der Waals surface area contributed by atoms with Crippen LogP contribution in [0.5, 0.6) is 17.2 Å². The number of hydrogen-bond donors (Lipinski definition) is 2. The van der Waals surface area contributed by atoms with Gasteiger partial charge in [0.15, 0.2) is 11.5 Å². The number of methoxy groups -OCH3 is 3. The molecule has 2 N–H and O–H groups in total. The van der Waals surface area contributed by atoms with Gasteiger partial charge < -0.3 is 29.6 Å². The van der Waals surface area contributed by atoms with Crippen molar-refractivity contribution in [3.63, 3.8) is 0 Å². The lowest BCUT2D eigenvalue weighted by Crippen LogP contribution is -2.48. The minimum absolute atomic E-state index is 0.0714. The molecular formula is C27H35N5O7. The van der Waals surface area contributed by atoms with Gasteiger partial charge in [0.25, 0.3) is 11.8 Å². The van der Waals surface area contributed by atoms with Crippen LogP contribution in [0.1, 0.15) is 35.7 Å². The van der Waals surface area contributed by atoms with E-state index in [1.165, 1.54) is 21.3 Å². The Morgan fingerprint density at radius 2 is 1.69 bits per heavy atom. The Morgan fingerprint density at radius 3 is 2.36 bits per heavy atom. The van der Waals surface area contributed by atoms with Crippen molar-refractivity contribution in [2.24, 2.45) is 10.3 Å². The molecule has 0 saturated carbocycles. The average Bonchev–Trinajstić information content (AvgIpc) is 3.40. The summed E-state index contributed by atoms with van der Waals surface area (Å²) in [5.41, 5.74) is -0.308. The Labute approximate surface area is 227 Å². The number of rotatable bonds is 14. The number of carbonyl (C=O) groups excluding carboxylic acids is 3. The third-order valence-corrected chi connectivity index (χ3v) is 6.09. The fourth-order valence-corrected chi connectivity index (χ4v) is 4.13. The number of nitrogens with zero attached hydrogens (tertiary/aromatic N) is 3. The van der Waals surface area contributed by atoms with E-state index in [0.717, 1.165) is 0 Å². The normalized spacial score (nSPS) is 15.9. The van der Waals surface area contributed by atoms with Gasteiger partial charge in [-0.3, -0.25) is 19.4 Å². The highest BCUT2D eigenvalue weighted by molar-refractivity contribution is 5.98. The highest BCUT2D eigenvalue weighted by Gasteiger charge is 2.46. The van der Waals surface area contributed by atoms with Crippen LogP contribution in [-0.2, 0) is 19.9 Å². The predicted molar refractivity (Wildman–Crippen MR) is 142 cm³/mol. The molecule has 0 fully saturated rings. The number of benzene rings is 2. The second-order valence-corrected chi connectivity index (χ2v) is 8.67. The van der Waals surface area contributed by atoms with E-state index in [2.05, 4.69) is 21.0 Å². The van der Waals surface area contributed by atoms with E-state index in [1.807, 2.05) is 37.3 Å². The Kier molecular flexibility index (Phi) is 10.5. The zero-order chi connectivity index (χ0) is 28.3. The van der Waals surface area contributed by atoms with E-state index >= 15 is 0 Å². The fraction of sp³-hybridized carbons (Fsp3) is 0.444. The maximum atomic E-state index is 13.3. The highest BCUT2D eigenvalue weighted by atomic mass is 16.5. The first-order valence-electron chi connectivity index (χ1n) is 12.6. The van der Waals surface area contributed by atoms with Gasteiger partial charge in [0.1, 0.15) is 6.61 Å². The van der Waals surface area contributed by atoms with Gasteiger partial charge in [-0.25, -0.2) is 0 Å². The topological polar surface area (TPSA) is 140 Å². The van der Waals surface area contributed by atoms with Crippen LogP contribution < -0.4 is 24.8 Å². The van der Waals surface area contributed by atoms with Crippen molar-refractivity contribution in [2.75, 3.05) is 54.1 Å². The first kappa shape index (κ1) is 29.2. The summed E-state index contributed by atoms with van der Waals surface area (Å²) in [6, 6.07) is 12.3. The van der Waals surface area contributed by atoms with Crippen molar-refractivity contribution in [3.05, 3.63) is 53.6 Å². The number of amides is 2. The molecule has 210 valence electrons. The SMILES string of the molecule is CCCC(=O)OCCNC(=O)[C@]1(c2ccccc2)CN(CCNC(=O)c2ccc(OC)c(OC)c2OC)N=N1. The van der Waals surface area contributed by atoms with E-state index in [9.17, 15) is 14.4 Å². The quantitative estimate of drug-likeness (QED) is 0.275. The van der Waals surface area contributed by atoms with Crippen LogP contribution in [0.4, 0.5) is 0 Å². The van der Waals surface area contributed by atoms with Gasteiger partial charge in [-0.1, -0.05) is 42.5 Å². The molecule has 3 rings (SSSR count). The smallest absolute Gasteiger partial charge is 0.305 e. The molecule has 0 aromatic heterocycles. The van der Waals surface area contributed by atoms with Gasteiger partial charge in [-0.15, -0.1) is 5.11 Å². The van der Waals surface area contributed by atoms with E-state index in [1.54, 1.807) is 17.1 Å². The van der Waals surface area contributed by atoms with E-state index < -0.39 is 5.54 Å². The maximum absolute atomic E-state index is 13.3. The van der Waals surface area contributed by atoms with Crippen LogP contribution >= 0.6 is 0 Å². The first-order chi connectivity index (χ1) is 18.9. The zero-order valence-electron chi connectivity index (χ0n) is 22.7. The largest absolute Gasteiger partial charge is 0.493 e. The van der Waals surface area contributed by atoms with Gasteiger partial charge >= 0.3 is 5.97 Å². The van der Waals surface area contributed by atoms with Gasteiger partial charge in [0.2, 0.25) is 11.3 Å². The average molecular weight is 542 g/mol. The molecule has 2 amide bonds. The second kappa shape index (κ2) is 14.0. The van der Waals surface area contributed by atoms with Gasteiger partial charge in [0.05, 0.1) is 46.5 Å². The number of hydrogen-bond acceptors (Lipinski definition) is 10. The van der Waals surface area contributed by atoms with Gasteiger partial charge in [0, 0.05) is 13.0 Å². The van der Waals surface area contributed by atoms with Crippen LogP contribution in [-0.4, -0.2) is 76.9 Å². The van der Waals surface area contributed by atoms with Crippen LogP contribution in [0, 0.1) is 0 Å². The molecule has 12 nitrogen and oxygen atoms in total. The summed E-state index contributed by atoms with van der Waals surface area (Å²) >= 11 is 0. The Morgan fingerprint density at radius 1 is 0.949 bits per heavy atom. The maximum Gasteiger partial charge on any atom is 0.305 e. The van der Waals surface area contributed by atoms with Crippen molar-refractivity contribution in [1.82, 2.24) is 15.6 Å². The molecule has 0 aliphatic carbocycles. The van der Waals surface area contributed by atoms with Crippen LogP contribution in [0.25, 0.3) is 0 Å². The molecule has 0 spiro atoms. The van der Waals surface area contributed by atoms with Crippen LogP contribution in [0.3, 0.4) is 0 Å². The lowest BCUT2D eigenvalue weighted by molar-refractivity contribution is -0.144. The summed E-state index contributed by atoms with van der Waals surface area (Å²) in [6.07, 6.45) is 1.03. The van der Waals surface area contributed by atoms with Crippen LogP contribution in [0.15, 0.2) is 52.8 Å². The molecule has 1 atom stereocenters. The first-order valence-corrected chi connectivity index (χ1v) is 12.6. The Bertz CT molecular complexity index is 1170. The molecule has 2 aromatic carbocycles. The Hall–Kier alpha value is -4.35. The highest BCUT2D eigenvalue weighted by Crippen LogP contribution is 2.39. The van der Waals surface area contributed by atoms with Crippen molar-refractivity contribution >= 4 is 17.8 Å². The minimum Gasteiger partial charge on any atom is -0.493 e. The number of ether oxygens (including phenoxy) is 4. The minimum atomic E-state index is -1.27. The van der Waals surface area contributed by atoms with Gasteiger partial charge in [-0.2, -0.15) is 0 Å². The van der Waals surface area contributed by atoms with E-state index in [0.29, 0.717) is 36.4 Å². The lowest BCUT2D eigenvalue weighted by Gasteiger charge is -2.25. The summed E-state index contributed by atoms with van der Waals surface area (Å²) in [6.45, 7) is 2.83. The van der Waals surface area contributed by atoms with Crippen molar-refractivity contribution in [1.29, 1.82) is 0 Å². The number of nitrogens with one attached hydrogen (secondary N) is 2. The number of esters is 1. The summed E-state index contributed by atoms with van der Waals surface area (Å²) in [4.78, 5) is 37.8. The monoisotopic (exact) mass is 541 g/mol. The van der Waals surface area contributed by atoms with Crippen molar-refractivity contribution < 1.29 is 33.3 Å². The summed E-state index contributed by atoms with van der Waals surface area (Å²) in [5, 5.41) is 15.8. The van der Waals surface area contributed by atoms with Crippen LogP contribution in [0.2, 0.25) is 0 Å². The molecule has 0 saturated heterocycles. The molecule has 12 heteroatoms. The zero-order valence-corrected chi connectivity index (χ0v) is 22.7. The molecule has 0 radical (unpaired) electrons. The summed E-state index contributed by atoms with van der Waals surface area (Å²) < 4.78 is 21.1. The standard InChI is InChI=1S/C27H35N5O7/c1-5-9-22(33)39-17-15-29-26(35)27(19-10-7-6-8-11-19)18-32(31-30-27)16-14-28-25(34)20-12-13-21(36-2)24(38-4)23(20)37-3/h6-8,10-13H,5,9,14-18H2,1-4H3,(H,28,34)(H,29,35)/t27-/m1/s1. The second-order valence-electron chi connectivity index (χ2n) is 8.67. The third kappa shape index (κ3) is 6.95. The molecule has 1 aliphatic rings. The van der Waals surface area contributed by atoms with Gasteiger partial charge in [-0.05, 0) is 24.1 Å². The Balaban J connectivity index is 1.62. The molecule has 2 aromatic rings. The van der Waals surface area contributed by atoms with E-state index in [-0.39, 0.29) is 55.3 Å². The lowest BCUT2D eigenvalue weighted by atomic mass is 9.89. The number of carbonyl (C=O) groups is 3. The molecule has 1 heterocycles. The van der Waals surface area contributed by atoms with E-state index in [4.69, 9.17) is 18.9 Å². The molecule has 0 unspecified atom stereocenters. The summed E-state index contributed by atoms with van der Waals surface area (Å²) in [5.74, 6) is -0.00336. The summed E-state index contributed by atoms with van der Waals surface area (Å²) in [7, 11) is 4.41. The molecule has 39 heavy (non-hydrogen) atoms. The van der Waals surface area contributed by atoms with Crippen molar-refractivity contribution in [2.45, 2.75) is 25.3 Å².